The Morgan fingerprint density at radius 1 is 1.38 bits per heavy atom. The maximum atomic E-state index is 12.7. The fraction of sp³-hybridized carbons (Fsp3) is 0.471. The molecule has 24 heavy (non-hydrogen) atoms. The summed E-state index contributed by atoms with van der Waals surface area (Å²) in [5.41, 5.74) is -1.02. The van der Waals surface area contributed by atoms with Gasteiger partial charge in [0, 0.05) is 38.7 Å². The van der Waals surface area contributed by atoms with Crippen LogP contribution < -0.4 is 5.32 Å². The van der Waals surface area contributed by atoms with E-state index in [0.29, 0.717) is 37.2 Å². The Labute approximate surface area is 138 Å². The Bertz CT molecular complexity index is 620. The first-order valence-corrected chi connectivity index (χ1v) is 7.63. The van der Waals surface area contributed by atoms with Crippen molar-refractivity contribution in [2.75, 3.05) is 19.8 Å². The van der Waals surface area contributed by atoms with E-state index in [-0.39, 0.29) is 6.54 Å². The molecule has 1 heterocycles. The molecular formula is C17H20F3NO3. The number of aliphatic hydroxyl groups is 1. The summed E-state index contributed by atoms with van der Waals surface area (Å²) in [6, 6.07) is 4.81. The second kappa shape index (κ2) is 7.36. The number of allylic oxidation sites excluding steroid dienone is 1. The van der Waals surface area contributed by atoms with E-state index in [1.165, 1.54) is 18.2 Å². The molecule has 1 saturated heterocycles. The Balaban J connectivity index is 2.01. The summed E-state index contributed by atoms with van der Waals surface area (Å²) in [7, 11) is 0. The number of amides is 1. The summed E-state index contributed by atoms with van der Waals surface area (Å²) in [4.78, 5) is 11.9. The van der Waals surface area contributed by atoms with Crippen molar-refractivity contribution in [1.82, 2.24) is 5.32 Å². The highest BCUT2D eigenvalue weighted by atomic mass is 19.4. The topological polar surface area (TPSA) is 58.6 Å². The van der Waals surface area contributed by atoms with Crippen LogP contribution in [0.5, 0.6) is 0 Å². The average molecular weight is 343 g/mol. The molecule has 0 unspecified atom stereocenters. The highest BCUT2D eigenvalue weighted by molar-refractivity contribution is 5.94. The van der Waals surface area contributed by atoms with E-state index in [1.807, 2.05) is 0 Å². The lowest BCUT2D eigenvalue weighted by molar-refractivity contribution is -0.137. The highest BCUT2D eigenvalue weighted by Crippen LogP contribution is 2.30. The third kappa shape index (κ3) is 5.07. The molecule has 2 rings (SSSR count). The second-order valence-electron chi connectivity index (χ2n) is 5.96. The second-order valence-corrected chi connectivity index (χ2v) is 5.96. The van der Waals surface area contributed by atoms with Crippen molar-refractivity contribution in [2.24, 2.45) is 0 Å². The van der Waals surface area contributed by atoms with Crippen LogP contribution in [-0.4, -0.2) is 36.4 Å². The minimum absolute atomic E-state index is 0.0849. The van der Waals surface area contributed by atoms with Gasteiger partial charge in [-0.1, -0.05) is 12.1 Å². The van der Waals surface area contributed by atoms with Crippen molar-refractivity contribution >= 4 is 11.5 Å². The number of rotatable bonds is 4. The van der Waals surface area contributed by atoms with E-state index in [2.05, 4.69) is 5.32 Å². The number of ether oxygens (including phenoxy) is 1. The van der Waals surface area contributed by atoms with Crippen LogP contribution in [0.2, 0.25) is 0 Å². The van der Waals surface area contributed by atoms with Gasteiger partial charge in [0.25, 0.3) is 0 Å². The Morgan fingerprint density at radius 2 is 2.04 bits per heavy atom. The summed E-state index contributed by atoms with van der Waals surface area (Å²) in [6.07, 6.45) is -2.32. The van der Waals surface area contributed by atoms with Gasteiger partial charge in [0.05, 0.1) is 11.2 Å². The van der Waals surface area contributed by atoms with Crippen molar-refractivity contribution < 1.29 is 27.8 Å². The molecule has 1 aromatic rings. The number of halogens is 3. The predicted molar refractivity (Wildman–Crippen MR) is 83.1 cm³/mol. The van der Waals surface area contributed by atoms with Crippen LogP contribution >= 0.6 is 0 Å². The van der Waals surface area contributed by atoms with E-state index in [9.17, 15) is 23.1 Å². The lowest BCUT2D eigenvalue weighted by Crippen LogP contribution is -2.46. The lowest BCUT2D eigenvalue weighted by Gasteiger charge is -2.31. The molecule has 0 saturated carbocycles. The Kier molecular flexibility index (Phi) is 5.66. The lowest BCUT2D eigenvalue weighted by atomic mass is 9.94. The molecule has 132 valence electrons. The standard InChI is InChI=1S/C17H20F3NO3/c1-12(13-3-2-4-14(10-13)17(18,19)20)9-15(22)21-11-16(23)5-7-24-8-6-16/h2-4,9-10,23H,5-8,11H2,1H3,(H,21,22). The van der Waals surface area contributed by atoms with Gasteiger partial charge in [0.15, 0.2) is 0 Å². The first-order chi connectivity index (χ1) is 11.2. The van der Waals surface area contributed by atoms with E-state index in [0.717, 1.165) is 12.1 Å². The minimum Gasteiger partial charge on any atom is -0.388 e. The predicted octanol–water partition coefficient (Wildman–Crippen LogP) is 2.77. The van der Waals surface area contributed by atoms with Crippen LogP contribution in [0.3, 0.4) is 0 Å². The van der Waals surface area contributed by atoms with Gasteiger partial charge in [-0.15, -0.1) is 0 Å². The van der Waals surface area contributed by atoms with Gasteiger partial charge in [-0.3, -0.25) is 4.79 Å². The normalized spacial score (nSPS) is 18.3. The summed E-state index contributed by atoms with van der Waals surface area (Å²) in [6.45, 7) is 2.52. The van der Waals surface area contributed by atoms with Crippen LogP contribution in [0, 0.1) is 0 Å². The monoisotopic (exact) mass is 343 g/mol. The van der Waals surface area contributed by atoms with Gasteiger partial charge in [-0.25, -0.2) is 0 Å². The molecule has 0 aliphatic carbocycles. The molecule has 0 bridgehead atoms. The summed E-state index contributed by atoms with van der Waals surface area (Å²) in [5, 5.41) is 12.9. The highest BCUT2D eigenvalue weighted by Gasteiger charge is 2.31. The first kappa shape index (κ1) is 18.5. The van der Waals surface area contributed by atoms with Gasteiger partial charge in [-0.05, 0) is 30.2 Å². The zero-order valence-corrected chi connectivity index (χ0v) is 13.3. The summed E-state index contributed by atoms with van der Waals surface area (Å²) < 4.78 is 43.3. The molecule has 4 nitrogen and oxygen atoms in total. The quantitative estimate of drug-likeness (QED) is 0.827. The fourth-order valence-electron chi connectivity index (χ4n) is 2.45. The van der Waals surface area contributed by atoms with E-state index < -0.39 is 23.2 Å². The average Bonchev–Trinajstić information content (AvgIpc) is 2.53. The number of hydrogen-bond donors (Lipinski definition) is 2. The van der Waals surface area contributed by atoms with Gasteiger partial charge < -0.3 is 15.2 Å². The molecule has 7 heteroatoms. The summed E-state index contributed by atoms with van der Waals surface area (Å²) >= 11 is 0. The number of nitrogens with one attached hydrogen (secondary N) is 1. The van der Waals surface area contributed by atoms with Crippen molar-refractivity contribution in [3.05, 3.63) is 41.5 Å². The first-order valence-electron chi connectivity index (χ1n) is 7.63. The van der Waals surface area contributed by atoms with E-state index in [4.69, 9.17) is 4.74 Å². The van der Waals surface area contributed by atoms with Crippen LogP contribution in [0.4, 0.5) is 13.2 Å². The minimum atomic E-state index is -4.43. The van der Waals surface area contributed by atoms with Crippen LogP contribution in [-0.2, 0) is 15.7 Å². The van der Waals surface area contributed by atoms with Crippen LogP contribution in [0.1, 0.15) is 30.9 Å². The van der Waals surface area contributed by atoms with Crippen molar-refractivity contribution in [3.63, 3.8) is 0 Å². The molecule has 2 N–H and O–H groups in total. The van der Waals surface area contributed by atoms with Gasteiger partial charge >= 0.3 is 6.18 Å². The van der Waals surface area contributed by atoms with Gasteiger partial charge in [0.1, 0.15) is 0 Å². The summed E-state index contributed by atoms with van der Waals surface area (Å²) in [5.74, 6) is -0.454. The molecule has 1 amide bonds. The maximum absolute atomic E-state index is 12.7. The molecule has 1 aromatic carbocycles. The SMILES string of the molecule is CC(=CC(=O)NCC1(O)CCOCC1)c1cccc(C(F)(F)F)c1. The van der Waals surface area contributed by atoms with E-state index in [1.54, 1.807) is 6.92 Å². The number of alkyl halides is 3. The van der Waals surface area contributed by atoms with Gasteiger partial charge in [0.2, 0.25) is 5.91 Å². The van der Waals surface area contributed by atoms with Crippen LogP contribution in [0.15, 0.2) is 30.3 Å². The molecule has 0 radical (unpaired) electrons. The van der Waals surface area contributed by atoms with Crippen molar-refractivity contribution in [2.45, 2.75) is 31.5 Å². The number of benzene rings is 1. The molecule has 1 fully saturated rings. The zero-order chi connectivity index (χ0) is 17.8. The zero-order valence-electron chi connectivity index (χ0n) is 13.3. The smallest absolute Gasteiger partial charge is 0.388 e. The number of carbonyl (C=O) groups excluding carboxylic acids is 1. The molecular weight excluding hydrogens is 323 g/mol. The largest absolute Gasteiger partial charge is 0.416 e. The Hall–Kier alpha value is -1.86. The fourth-order valence-corrected chi connectivity index (χ4v) is 2.45. The molecule has 0 aromatic heterocycles. The Morgan fingerprint density at radius 3 is 2.67 bits per heavy atom. The van der Waals surface area contributed by atoms with Crippen molar-refractivity contribution in [1.29, 1.82) is 0 Å². The maximum Gasteiger partial charge on any atom is 0.416 e. The third-order valence-electron chi connectivity index (χ3n) is 4.01. The van der Waals surface area contributed by atoms with Crippen molar-refractivity contribution in [3.8, 4) is 0 Å². The van der Waals surface area contributed by atoms with Gasteiger partial charge in [-0.2, -0.15) is 13.2 Å². The van der Waals surface area contributed by atoms with Crippen LogP contribution in [0.25, 0.3) is 5.57 Å². The molecule has 1 aliphatic heterocycles. The molecule has 0 spiro atoms. The number of carbonyl (C=O) groups is 1. The molecule has 1 aliphatic rings. The third-order valence-corrected chi connectivity index (χ3v) is 4.01. The molecule has 0 atom stereocenters. The number of hydrogen-bond acceptors (Lipinski definition) is 3. The van der Waals surface area contributed by atoms with E-state index >= 15 is 0 Å².